The lowest BCUT2D eigenvalue weighted by Gasteiger charge is -2.05. The van der Waals surface area contributed by atoms with Crippen molar-refractivity contribution in [3.8, 4) is 0 Å². The largest absolute Gasteiger partial charge is 0.285 e. The van der Waals surface area contributed by atoms with Crippen LogP contribution >= 0.6 is 0 Å². The smallest absolute Gasteiger partial charge is 0.233 e. The van der Waals surface area contributed by atoms with Crippen LogP contribution in [0, 0.1) is 0 Å². The summed E-state index contributed by atoms with van der Waals surface area (Å²) in [6, 6.07) is 19.5. The molecular formula is C26H22O4. The van der Waals surface area contributed by atoms with Gasteiger partial charge in [0.2, 0.25) is 23.1 Å². The number of hydrogen-bond acceptors (Lipinski definition) is 4. The number of ketones is 4. The molecule has 0 radical (unpaired) electrons. The van der Waals surface area contributed by atoms with Crippen LogP contribution in [0.3, 0.4) is 0 Å². The maximum absolute atomic E-state index is 12.6. The van der Waals surface area contributed by atoms with Crippen molar-refractivity contribution >= 4 is 23.1 Å². The van der Waals surface area contributed by atoms with Gasteiger partial charge in [0.15, 0.2) is 0 Å². The number of benzene rings is 3. The molecule has 3 rings (SSSR count). The Morgan fingerprint density at radius 2 is 0.833 bits per heavy atom. The summed E-state index contributed by atoms with van der Waals surface area (Å²) in [6.07, 6.45) is 1.67. The summed E-state index contributed by atoms with van der Waals surface area (Å²) in [4.78, 5) is 50.4. The standard InChI is InChI=1S/C26H22O4/c1-3-17-8-12-19(13-9-17)23(27)25(29)21-6-5-7-22(16-21)26(30)24(28)20-14-10-18(4-2)11-15-20/h5-16H,3-4H2,1-2H3. The van der Waals surface area contributed by atoms with E-state index >= 15 is 0 Å². The third-order valence-corrected chi connectivity index (χ3v) is 5.05. The maximum atomic E-state index is 12.6. The topological polar surface area (TPSA) is 68.3 Å². The van der Waals surface area contributed by atoms with Gasteiger partial charge in [-0.3, -0.25) is 19.2 Å². The van der Waals surface area contributed by atoms with Crippen molar-refractivity contribution in [1.29, 1.82) is 0 Å². The summed E-state index contributed by atoms with van der Waals surface area (Å²) < 4.78 is 0. The van der Waals surface area contributed by atoms with Crippen molar-refractivity contribution in [3.05, 3.63) is 106 Å². The van der Waals surface area contributed by atoms with Gasteiger partial charge in [0, 0.05) is 22.3 Å². The van der Waals surface area contributed by atoms with E-state index in [0.717, 1.165) is 24.0 Å². The van der Waals surface area contributed by atoms with E-state index in [-0.39, 0.29) is 11.1 Å². The van der Waals surface area contributed by atoms with Gasteiger partial charge in [-0.1, -0.05) is 80.6 Å². The fourth-order valence-electron chi connectivity index (χ4n) is 3.11. The van der Waals surface area contributed by atoms with E-state index in [4.69, 9.17) is 0 Å². The third kappa shape index (κ3) is 4.49. The highest BCUT2D eigenvalue weighted by atomic mass is 16.2. The molecular weight excluding hydrogens is 376 g/mol. The summed E-state index contributed by atoms with van der Waals surface area (Å²) in [5.74, 6) is -2.73. The normalized spacial score (nSPS) is 10.5. The van der Waals surface area contributed by atoms with Crippen LogP contribution in [0.25, 0.3) is 0 Å². The van der Waals surface area contributed by atoms with Gasteiger partial charge in [-0.05, 0) is 30.0 Å². The van der Waals surface area contributed by atoms with E-state index in [1.54, 1.807) is 24.3 Å². The van der Waals surface area contributed by atoms with Gasteiger partial charge in [0.1, 0.15) is 0 Å². The molecule has 0 unspecified atom stereocenters. The van der Waals surface area contributed by atoms with Gasteiger partial charge < -0.3 is 0 Å². The van der Waals surface area contributed by atoms with E-state index in [9.17, 15) is 19.2 Å². The Bertz CT molecular complexity index is 1020. The molecule has 150 valence electrons. The molecule has 0 spiro atoms. The van der Waals surface area contributed by atoms with Crippen molar-refractivity contribution in [2.45, 2.75) is 26.7 Å². The number of aryl methyl sites for hydroxylation is 2. The molecule has 0 aliphatic carbocycles. The Labute approximate surface area is 175 Å². The molecule has 0 heterocycles. The highest BCUT2D eigenvalue weighted by Gasteiger charge is 2.22. The highest BCUT2D eigenvalue weighted by molar-refractivity contribution is 6.51. The van der Waals surface area contributed by atoms with Crippen molar-refractivity contribution in [1.82, 2.24) is 0 Å². The Morgan fingerprint density at radius 3 is 1.17 bits per heavy atom. The lowest BCUT2D eigenvalue weighted by atomic mass is 9.95. The van der Waals surface area contributed by atoms with Gasteiger partial charge in [-0.25, -0.2) is 0 Å². The first-order valence-corrected chi connectivity index (χ1v) is 9.90. The lowest BCUT2D eigenvalue weighted by molar-refractivity contribution is 0.0812. The molecule has 3 aromatic carbocycles. The number of rotatable bonds is 8. The van der Waals surface area contributed by atoms with Crippen LogP contribution in [0.15, 0.2) is 72.8 Å². The molecule has 0 bridgehead atoms. The fraction of sp³-hybridized carbons (Fsp3) is 0.154. The van der Waals surface area contributed by atoms with E-state index in [1.807, 2.05) is 38.1 Å². The molecule has 0 fully saturated rings. The molecule has 0 aromatic heterocycles. The van der Waals surface area contributed by atoms with Crippen LogP contribution in [0.2, 0.25) is 0 Å². The third-order valence-electron chi connectivity index (χ3n) is 5.05. The van der Waals surface area contributed by atoms with Gasteiger partial charge in [0.05, 0.1) is 0 Å². The van der Waals surface area contributed by atoms with E-state index in [1.165, 1.54) is 24.3 Å². The number of carbonyl (C=O) groups excluding carboxylic acids is 4. The quantitative estimate of drug-likeness (QED) is 0.398. The molecule has 0 atom stereocenters. The Balaban J connectivity index is 1.81. The highest BCUT2D eigenvalue weighted by Crippen LogP contribution is 2.15. The summed E-state index contributed by atoms with van der Waals surface area (Å²) in [7, 11) is 0. The van der Waals surface area contributed by atoms with Crippen LogP contribution in [-0.4, -0.2) is 23.1 Å². The fourth-order valence-corrected chi connectivity index (χ4v) is 3.11. The predicted octanol–water partition coefficient (Wildman–Crippen LogP) is 4.94. The molecule has 4 heteroatoms. The molecule has 0 aliphatic heterocycles. The molecule has 30 heavy (non-hydrogen) atoms. The van der Waals surface area contributed by atoms with Crippen molar-refractivity contribution in [2.75, 3.05) is 0 Å². The molecule has 0 saturated carbocycles. The minimum Gasteiger partial charge on any atom is -0.285 e. The molecule has 0 amide bonds. The van der Waals surface area contributed by atoms with E-state index in [2.05, 4.69) is 0 Å². The van der Waals surface area contributed by atoms with Crippen LogP contribution < -0.4 is 0 Å². The monoisotopic (exact) mass is 398 g/mol. The average molecular weight is 398 g/mol. The number of Topliss-reactive ketones (excluding diaryl/α,β-unsaturated/α-hetero) is 4. The molecule has 0 saturated heterocycles. The molecule has 0 aliphatic rings. The maximum Gasteiger partial charge on any atom is 0.233 e. The van der Waals surface area contributed by atoms with Gasteiger partial charge >= 0.3 is 0 Å². The zero-order valence-electron chi connectivity index (χ0n) is 17.0. The summed E-state index contributed by atoms with van der Waals surface area (Å²) in [5.41, 5.74) is 2.88. The van der Waals surface area contributed by atoms with Crippen LogP contribution in [0.1, 0.15) is 66.4 Å². The van der Waals surface area contributed by atoms with Gasteiger partial charge in [0.25, 0.3) is 0 Å². The van der Waals surface area contributed by atoms with Crippen molar-refractivity contribution < 1.29 is 19.2 Å². The lowest BCUT2D eigenvalue weighted by Crippen LogP contribution is -2.17. The Morgan fingerprint density at radius 1 is 0.500 bits per heavy atom. The Hall–Kier alpha value is -3.66. The minimum atomic E-state index is -0.714. The second-order valence-corrected chi connectivity index (χ2v) is 7.00. The SMILES string of the molecule is CCc1ccc(C(=O)C(=O)c2cccc(C(=O)C(=O)c3ccc(CC)cc3)c2)cc1. The minimum absolute atomic E-state index is 0.0829. The molecule has 0 N–H and O–H groups in total. The van der Waals surface area contributed by atoms with Crippen molar-refractivity contribution in [2.24, 2.45) is 0 Å². The van der Waals surface area contributed by atoms with E-state index in [0.29, 0.717) is 11.1 Å². The summed E-state index contributed by atoms with van der Waals surface area (Å²) >= 11 is 0. The average Bonchev–Trinajstić information content (AvgIpc) is 2.82. The van der Waals surface area contributed by atoms with Crippen LogP contribution in [-0.2, 0) is 12.8 Å². The first kappa shape index (κ1) is 21.1. The van der Waals surface area contributed by atoms with Crippen molar-refractivity contribution in [3.63, 3.8) is 0 Å². The first-order valence-electron chi connectivity index (χ1n) is 9.90. The van der Waals surface area contributed by atoms with Crippen LogP contribution in [0.4, 0.5) is 0 Å². The van der Waals surface area contributed by atoms with Gasteiger partial charge in [-0.2, -0.15) is 0 Å². The second-order valence-electron chi connectivity index (χ2n) is 7.00. The van der Waals surface area contributed by atoms with Gasteiger partial charge in [-0.15, -0.1) is 0 Å². The number of hydrogen-bond donors (Lipinski definition) is 0. The summed E-state index contributed by atoms with van der Waals surface area (Å²) in [5, 5.41) is 0. The zero-order chi connectivity index (χ0) is 21.7. The zero-order valence-corrected chi connectivity index (χ0v) is 17.0. The van der Waals surface area contributed by atoms with Crippen LogP contribution in [0.5, 0.6) is 0 Å². The molecule has 4 nitrogen and oxygen atoms in total. The predicted molar refractivity (Wildman–Crippen MR) is 115 cm³/mol. The molecule has 3 aromatic rings. The second kappa shape index (κ2) is 9.23. The Kier molecular flexibility index (Phi) is 6.48. The first-order chi connectivity index (χ1) is 14.4. The summed E-state index contributed by atoms with van der Waals surface area (Å²) in [6.45, 7) is 4.01. The number of carbonyl (C=O) groups is 4. The van der Waals surface area contributed by atoms with E-state index < -0.39 is 23.1 Å².